The lowest BCUT2D eigenvalue weighted by molar-refractivity contribution is 0.0674. The molecule has 1 rings (SSSR count). The number of unbranched alkanes of at least 4 members (excludes halogenated alkanes) is 1. The van der Waals surface area contributed by atoms with Gasteiger partial charge in [0, 0.05) is 29.8 Å². The number of hydrogen-bond acceptors (Lipinski definition) is 1. The SMILES string of the molecule is CCCCN(C(=O)c1cc(Br)cn1CC)C(C)CC. The summed E-state index contributed by atoms with van der Waals surface area (Å²) in [5.74, 6) is 0.148. The Bertz CT molecular complexity index is 414. The molecule has 19 heavy (non-hydrogen) atoms. The van der Waals surface area contributed by atoms with Crippen molar-refractivity contribution >= 4 is 21.8 Å². The van der Waals surface area contributed by atoms with Crippen molar-refractivity contribution in [2.45, 2.75) is 59.5 Å². The summed E-state index contributed by atoms with van der Waals surface area (Å²) < 4.78 is 2.98. The first-order chi connectivity index (χ1) is 9.04. The van der Waals surface area contributed by atoms with Gasteiger partial charge in [-0.25, -0.2) is 0 Å². The van der Waals surface area contributed by atoms with Crippen molar-refractivity contribution in [3.63, 3.8) is 0 Å². The molecule has 4 heteroatoms. The number of aromatic nitrogens is 1. The Hall–Kier alpha value is -0.770. The number of hydrogen-bond donors (Lipinski definition) is 0. The maximum Gasteiger partial charge on any atom is 0.270 e. The fraction of sp³-hybridized carbons (Fsp3) is 0.667. The third-order valence-electron chi connectivity index (χ3n) is 3.56. The highest BCUT2D eigenvalue weighted by Gasteiger charge is 2.22. The number of rotatable bonds is 7. The first kappa shape index (κ1) is 16.3. The van der Waals surface area contributed by atoms with E-state index in [4.69, 9.17) is 0 Å². The largest absolute Gasteiger partial charge is 0.343 e. The molecule has 1 aromatic rings. The predicted molar refractivity (Wildman–Crippen MR) is 83.5 cm³/mol. The maximum absolute atomic E-state index is 12.7. The third kappa shape index (κ3) is 4.10. The van der Waals surface area contributed by atoms with Gasteiger partial charge in [0.05, 0.1) is 0 Å². The van der Waals surface area contributed by atoms with E-state index < -0.39 is 0 Å². The predicted octanol–water partition coefficient (Wildman–Crippen LogP) is 4.31. The Morgan fingerprint density at radius 1 is 1.42 bits per heavy atom. The minimum Gasteiger partial charge on any atom is -0.343 e. The lowest BCUT2D eigenvalue weighted by Gasteiger charge is -2.29. The molecule has 0 N–H and O–H groups in total. The van der Waals surface area contributed by atoms with Gasteiger partial charge in [0.15, 0.2) is 0 Å². The molecular weight excluding hydrogens is 304 g/mol. The summed E-state index contributed by atoms with van der Waals surface area (Å²) in [7, 11) is 0. The van der Waals surface area contributed by atoms with E-state index in [0.29, 0.717) is 0 Å². The monoisotopic (exact) mass is 328 g/mol. The molecule has 0 fully saturated rings. The van der Waals surface area contributed by atoms with Crippen LogP contribution in [0.15, 0.2) is 16.7 Å². The van der Waals surface area contributed by atoms with Crippen LogP contribution >= 0.6 is 15.9 Å². The van der Waals surface area contributed by atoms with E-state index in [-0.39, 0.29) is 11.9 Å². The fourth-order valence-corrected chi connectivity index (χ4v) is 2.60. The zero-order valence-corrected chi connectivity index (χ0v) is 14.0. The highest BCUT2D eigenvalue weighted by atomic mass is 79.9. The zero-order chi connectivity index (χ0) is 14.4. The molecule has 0 bridgehead atoms. The molecule has 1 aromatic heterocycles. The minimum absolute atomic E-state index is 0.148. The smallest absolute Gasteiger partial charge is 0.270 e. The normalized spacial score (nSPS) is 12.5. The van der Waals surface area contributed by atoms with Gasteiger partial charge in [-0.1, -0.05) is 20.3 Å². The molecule has 0 aromatic carbocycles. The summed E-state index contributed by atoms with van der Waals surface area (Å²) in [6.07, 6.45) is 5.13. The second-order valence-corrected chi connectivity index (χ2v) is 5.85. The quantitative estimate of drug-likeness (QED) is 0.732. The van der Waals surface area contributed by atoms with Crippen molar-refractivity contribution in [2.24, 2.45) is 0 Å². The Morgan fingerprint density at radius 3 is 2.63 bits per heavy atom. The van der Waals surface area contributed by atoms with Gasteiger partial charge in [-0.05, 0) is 48.7 Å². The average molecular weight is 329 g/mol. The molecule has 1 atom stereocenters. The van der Waals surface area contributed by atoms with Gasteiger partial charge in [0.1, 0.15) is 5.69 Å². The second-order valence-electron chi connectivity index (χ2n) is 4.94. The molecule has 0 radical (unpaired) electrons. The van der Waals surface area contributed by atoms with E-state index in [1.807, 2.05) is 21.7 Å². The maximum atomic E-state index is 12.7. The van der Waals surface area contributed by atoms with Gasteiger partial charge in [-0.2, -0.15) is 0 Å². The molecule has 0 saturated carbocycles. The van der Waals surface area contributed by atoms with E-state index in [2.05, 4.69) is 43.6 Å². The number of amides is 1. The molecule has 0 aliphatic carbocycles. The third-order valence-corrected chi connectivity index (χ3v) is 3.99. The van der Waals surface area contributed by atoms with Crippen molar-refractivity contribution in [1.82, 2.24) is 9.47 Å². The number of nitrogens with zero attached hydrogens (tertiary/aromatic N) is 2. The summed E-state index contributed by atoms with van der Waals surface area (Å²) in [6.45, 7) is 10.1. The van der Waals surface area contributed by atoms with Gasteiger partial charge in [-0.3, -0.25) is 4.79 Å². The van der Waals surface area contributed by atoms with Gasteiger partial charge >= 0.3 is 0 Å². The fourth-order valence-electron chi connectivity index (χ4n) is 2.13. The zero-order valence-electron chi connectivity index (χ0n) is 12.4. The van der Waals surface area contributed by atoms with Crippen LogP contribution in [0, 0.1) is 0 Å². The van der Waals surface area contributed by atoms with Crippen LogP contribution in [-0.2, 0) is 6.54 Å². The standard InChI is InChI=1S/C15H25BrN2O/c1-5-8-9-18(12(4)6-2)15(19)14-10-13(16)11-17(14)7-3/h10-12H,5-9H2,1-4H3. The summed E-state index contributed by atoms with van der Waals surface area (Å²) >= 11 is 3.46. The highest BCUT2D eigenvalue weighted by molar-refractivity contribution is 9.10. The minimum atomic E-state index is 0.148. The van der Waals surface area contributed by atoms with E-state index in [1.54, 1.807) is 0 Å². The Morgan fingerprint density at radius 2 is 2.11 bits per heavy atom. The molecular formula is C15H25BrN2O. The Kier molecular flexibility index (Phi) is 6.63. The van der Waals surface area contributed by atoms with Gasteiger partial charge in [0.25, 0.3) is 5.91 Å². The van der Waals surface area contributed by atoms with Crippen LogP contribution in [0.25, 0.3) is 0 Å². The lowest BCUT2D eigenvalue weighted by atomic mass is 10.2. The van der Waals surface area contributed by atoms with Crippen LogP contribution in [0.1, 0.15) is 57.4 Å². The molecule has 0 spiro atoms. The molecule has 1 heterocycles. The van der Waals surface area contributed by atoms with Gasteiger partial charge < -0.3 is 9.47 Å². The van der Waals surface area contributed by atoms with Crippen molar-refractivity contribution in [3.8, 4) is 0 Å². The number of halogens is 1. The highest BCUT2D eigenvalue weighted by Crippen LogP contribution is 2.19. The summed E-state index contributed by atoms with van der Waals surface area (Å²) in [5, 5.41) is 0. The van der Waals surface area contributed by atoms with E-state index in [9.17, 15) is 4.79 Å². The van der Waals surface area contributed by atoms with Crippen molar-refractivity contribution in [2.75, 3.05) is 6.54 Å². The number of carbonyl (C=O) groups excluding carboxylic acids is 1. The number of aryl methyl sites for hydroxylation is 1. The molecule has 1 unspecified atom stereocenters. The Balaban J connectivity index is 2.97. The van der Waals surface area contributed by atoms with Gasteiger partial charge in [0.2, 0.25) is 0 Å². The Labute approximate surface area is 125 Å². The molecule has 108 valence electrons. The van der Waals surface area contributed by atoms with Gasteiger partial charge in [-0.15, -0.1) is 0 Å². The number of carbonyl (C=O) groups is 1. The lowest BCUT2D eigenvalue weighted by Crippen LogP contribution is -2.39. The topological polar surface area (TPSA) is 25.2 Å². The molecule has 0 aliphatic heterocycles. The summed E-state index contributed by atoms with van der Waals surface area (Å²) in [5.41, 5.74) is 0.783. The van der Waals surface area contributed by atoms with Crippen molar-refractivity contribution in [3.05, 3.63) is 22.4 Å². The van der Waals surface area contributed by atoms with Crippen LogP contribution in [0.2, 0.25) is 0 Å². The van der Waals surface area contributed by atoms with Crippen LogP contribution in [-0.4, -0.2) is 28.0 Å². The summed E-state index contributed by atoms with van der Waals surface area (Å²) in [4.78, 5) is 14.7. The van der Waals surface area contributed by atoms with Crippen molar-refractivity contribution < 1.29 is 4.79 Å². The first-order valence-corrected chi connectivity index (χ1v) is 8.01. The second kappa shape index (κ2) is 7.73. The van der Waals surface area contributed by atoms with Crippen LogP contribution in [0.4, 0.5) is 0 Å². The van der Waals surface area contributed by atoms with E-state index >= 15 is 0 Å². The molecule has 0 aliphatic rings. The first-order valence-electron chi connectivity index (χ1n) is 7.21. The average Bonchev–Trinajstić information content (AvgIpc) is 2.79. The molecule has 3 nitrogen and oxygen atoms in total. The van der Waals surface area contributed by atoms with Crippen LogP contribution in [0.5, 0.6) is 0 Å². The van der Waals surface area contributed by atoms with Crippen LogP contribution < -0.4 is 0 Å². The van der Waals surface area contributed by atoms with E-state index in [0.717, 1.165) is 42.5 Å². The molecule has 0 saturated heterocycles. The van der Waals surface area contributed by atoms with E-state index in [1.165, 1.54) is 0 Å². The van der Waals surface area contributed by atoms with Crippen LogP contribution in [0.3, 0.4) is 0 Å². The molecule has 1 amide bonds. The summed E-state index contributed by atoms with van der Waals surface area (Å²) in [6, 6.07) is 2.21. The van der Waals surface area contributed by atoms with Crippen molar-refractivity contribution in [1.29, 1.82) is 0 Å².